The van der Waals surface area contributed by atoms with Gasteiger partial charge in [-0.1, -0.05) is 6.92 Å². The van der Waals surface area contributed by atoms with Gasteiger partial charge in [-0.2, -0.15) is 0 Å². The summed E-state index contributed by atoms with van der Waals surface area (Å²) in [6.45, 7) is 7.38. The lowest BCUT2D eigenvalue weighted by molar-refractivity contribution is -0.144. The van der Waals surface area contributed by atoms with Crippen LogP contribution in [-0.4, -0.2) is 47.8 Å². The first kappa shape index (κ1) is 14.5. The van der Waals surface area contributed by atoms with Crippen molar-refractivity contribution in [2.75, 3.05) is 26.2 Å². The largest absolute Gasteiger partial charge is 0.466 e. The minimum Gasteiger partial charge on any atom is -0.466 e. The third-order valence-corrected chi connectivity index (χ3v) is 3.56. The van der Waals surface area contributed by atoms with Crippen LogP contribution < -0.4 is 0 Å². The molecule has 0 aromatic carbocycles. The Hall–Kier alpha value is -0.610. The highest BCUT2D eigenvalue weighted by atomic mass is 16.5. The van der Waals surface area contributed by atoms with E-state index in [1.165, 1.54) is 0 Å². The lowest BCUT2D eigenvalue weighted by atomic mass is 9.90. The van der Waals surface area contributed by atoms with Crippen molar-refractivity contribution in [3.8, 4) is 0 Å². The van der Waals surface area contributed by atoms with Gasteiger partial charge in [-0.05, 0) is 45.7 Å². The van der Waals surface area contributed by atoms with Gasteiger partial charge < -0.3 is 14.7 Å². The highest BCUT2D eigenvalue weighted by Crippen LogP contribution is 2.27. The Morgan fingerprint density at radius 1 is 1.35 bits per heavy atom. The van der Waals surface area contributed by atoms with Gasteiger partial charge in [0, 0.05) is 13.0 Å². The SMILES string of the molecule is CCOC(=O)CCC1(O)CCCN(CC)CC1. The third kappa shape index (κ3) is 5.04. The van der Waals surface area contributed by atoms with E-state index < -0.39 is 5.60 Å². The normalized spacial score (nSPS) is 26.5. The minimum atomic E-state index is -0.670. The van der Waals surface area contributed by atoms with Gasteiger partial charge in [-0.15, -0.1) is 0 Å². The second-order valence-corrected chi connectivity index (χ2v) is 4.82. The monoisotopic (exact) mass is 243 g/mol. The first-order valence-corrected chi connectivity index (χ1v) is 6.70. The zero-order chi connectivity index (χ0) is 12.7. The molecule has 17 heavy (non-hydrogen) atoms. The predicted octanol–water partition coefficient (Wildman–Crippen LogP) is 1.57. The highest BCUT2D eigenvalue weighted by Gasteiger charge is 2.30. The maximum atomic E-state index is 11.3. The van der Waals surface area contributed by atoms with Gasteiger partial charge in [-0.3, -0.25) is 4.79 Å². The average molecular weight is 243 g/mol. The number of rotatable bonds is 5. The van der Waals surface area contributed by atoms with Crippen molar-refractivity contribution in [3.63, 3.8) is 0 Å². The van der Waals surface area contributed by atoms with Gasteiger partial charge in [-0.25, -0.2) is 0 Å². The van der Waals surface area contributed by atoms with E-state index in [1.54, 1.807) is 6.92 Å². The Kier molecular flexibility index (Phi) is 5.92. The van der Waals surface area contributed by atoms with Crippen molar-refractivity contribution >= 4 is 5.97 Å². The van der Waals surface area contributed by atoms with Crippen LogP contribution in [0.25, 0.3) is 0 Å². The van der Waals surface area contributed by atoms with E-state index in [1.807, 2.05) is 0 Å². The van der Waals surface area contributed by atoms with Crippen molar-refractivity contribution < 1.29 is 14.6 Å². The Bertz CT molecular complexity index is 245. The van der Waals surface area contributed by atoms with Crippen molar-refractivity contribution in [2.24, 2.45) is 0 Å². The fourth-order valence-corrected chi connectivity index (χ4v) is 2.37. The summed E-state index contributed by atoms with van der Waals surface area (Å²) in [4.78, 5) is 13.6. The maximum absolute atomic E-state index is 11.3. The molecule has 1 aliphatic heterocycles. The molecule has 1 heterocycles. The number of carbonyl (C=O) groups is 1. The quantitative estimate of drug-likeness (QED) is 0.745. The van der Waals surface area contributed by atoms with Gasteiger partial charge in [0.1, 0.15) is 0 Å². The molecule has 100 valence electrons. The van der Waals surface area contributed by atoms with Crippen molar-refractivity contribution in [1.82, 2.24) is 4.90 Å². The summed E-state index contributed by atoms with van der Waals surface area (Å²) in [7, 11) is 0. The maximum Gasteiger partial charge on any atom is 0.305 e. The van der Waals surface area contributed by atoms with Crippen LogP contribution in [0.3, 0.4) is 0 Å². The zero-order valence-electron chi connectivity index (χ0n) is 11.1. The summed E-state index contributed by atoms with van der Waals surface area (Å²) >= 11 is 0. The van der Waals surface area contributed by atoms with Crippen LogP contribution in [0.5, 0.6) is 0 Å². The molecule has 0 radical (unpaired) electrons. The van der Waals surface area contributed by atoms with E-state index in [0.29, 0.717) is 19.4 Å². The van der Waals surface area contributed by atoms with E-state index in [-0.39, 0.29) is 5.97 Å². The van der Waals surface area contributed by atoms with E-state index in [4.69, 9.17) is 4.74 Å². The summed E-state index contributed by atoms with van der Waals surface area (Å²) < 4.78 is 4.89. The van der Waals surface area contributed by atoms with Crippen LogP contribution in [0, 0.1) is 0 Å². The van der Waals surface area contributed by atoms with E-state index in [9.17, 15) is 9.90 Å². The second-order valence-electron chi connectivity index (χ2n) is 4.82. The van der Waals surface area contributed by atoms with Crippen LogP contribution >= 0.6 is 0 Å². The molecule has 1 aliphatic rings. The lowest BCUT2D eigenvalue weighted by Gasteiger charge is -2.26. The molecule has 1 N–H and O–H groups in total. The Balaban J connectivity index is 2.37. The van der Waals surface area contributed by atoms with Crippen molar-refractivity contribution in [1.29, 1.82) is 0 Å². The molecular weight excluding hydrogens is 218 g/mol. The fraction of sp³-hybridized carbons (Fsp3) is 0.923. The number of hydrogen-bond acceptors (Lipinski definition) is 4. The number of nitrogens with zero attached hydrogens (tertiary/aromatic N) is 1. The number of carbonyl (C=O) groups excluding carboxylic acids is 1. The van der Waals surface area contributed by atoms with Crippen LogP contribution in [0.4, 0.5) is 0 Å². The fourth-order valence-electron chi connectivity index (χ4n) is 2.37. The molecule has 4 heteroatoms. The van der Waals surface area contributed by atoms with E-state index in [2.05, 4.69) is 11.8 Å². The van der Waals surface area contributed by atoms with Gasteiger partial charge in [0.15, 0.2) is 0 Å². The summed E-state index contributed by atoms with van der Waals surface area (Å²) in [5.41, 5.74) is -0.670. The average Bonchev–Trinajstić information content (AvgIpc) is 2.50. The molecule has 1 saturated heterocycles. The molecule has 1 atom stereocenters. The van der Waals surface area contributed by atoms with Gasteiger partial charge >= 0.3 is 5.97 Å². The first-order chi connectivity index (χ1) is 8.09. The summed E-state index contributed by atoms with van der Waals surface area (Å²) in [5, 5.41) is 10.4. The number of likely N-dealkylation sites (tertiary alicyclic amines) is 1. The summed E-state index contributed by atoms with van der Waals surface area (Å²) in [6.07, 6.45) is 3.43. The molecule has 0 aliphatic carbocycles. The standard InChI is InChI=1S/C13H25NO3/c1-3-14-10-5-7-13(16,9-11-14)8-6-12(15)17-4-2/h16H,3-11H2,1-2H3. The Labute approximate surface area is 104 Å². The van der Waals surface area contributed by atoms with Gasteiger partial charge in [0.25, 0.3) is 0 Å². The Morgan fingerprint density at radius 3 is 2.76 bits per heavy atom. The molecule has 1 rings (SSSR count). The van der Waals surface area contributed by atoms with Crippen molar-refractivity contribution in [2.45, 2.75) is 51.6 Å². The van der Waals surface area contributed by atoms with Crippen molar-refractivity contribution in [3.05, 3.63) is 0 Å². The smallest absolute Gasteiger partial charge is 0.305 e. The zero-order valence-corrected chi connectivity index (χ0v) is 11.1. The van der Waals surface area contributed by atoms with Crippen LogP contribution in [0.2, 0.25) is 0 Å². The molecule has 0 aromatic heterocycles. The molecule has 0 saturated carbocycles. The number of hydrogen-bond donors (Lipinski definition) is 1. The second kappa shape index (κ2) is 6.97. The number of aliphatic hydroxyl groups is 1. The molecule has 0 aromatic rings. The van der Waals surface area contributed by atoms with Gasteiger partial charge in [0.05, 0.1) is 12.2 Å². The highest BCUT2D eigenvalue weighted by molar-refractivity contribution is 5.69. The molecule has 1 unspecified atom stereocenters. The Morgan fingerprint density at radius 2 is 2.12 bits per heavy atom. The van der Waals surface area contributed by atoms with E-state index in [0.717, 1.165) is 38.9 Å². The van der Waals surface area contributed by atoms with Crippen LogP contribution in [0.1, 0.15) is 46.0 Å². The van der Waals surface area contributed by atoms with Gasteiger partial charge in [0.2, 0.25) is 0 Å². The molecule has 4 nitrogen and oxygen atoms in total. The molecule has 0 spiro atoms. The molecular formula is C13H25NO3. The molecule has 0 amide bonds. The van der Waals surface area contributed by atoms with Crippen LogP contribution in [0.15, 0.2) is 0 Å². The molecule has 1 fully saturated rings. The summed E-state index contributed by atoms with van der Waals surface area (Å²) in [6, 6.07) is 0. The predicted molar refractivity (Wildman–Crippen MR) is 66.8 cm³/mol. The lowest BCUT2D eigenvalue weighted by Crippen LogP contribution is -2.32. The number of ether oxygens (including phenoxy) is 1. The van der Waals surface area contributed by atoms with Crippen LogP contribution in [-0.2, 0) is 9.53 Å². The molecule has 0 bridgehead atoms. The summed E-state index contributed by atoms with van der Waals surface area (Å²) in [5.74, 6) is -0.197. The third-order valence-electron chi connectivity index (χ3n) is 3.56. The van der Waals surface area contributed by atoms with E-state index >= 15 is 0 Å². The first-order valence-electron chi connectivity index (χ1n) is 6.70. The minimum absolute atomic E-state index is 0.197. The number of esters is 1. The topological polar surface area (TPSA) is 49.8 Å².